The normalized spacial score (nSPS) is 21.7. The molecule has 20 heavy (non-hydrogen) atoms. The van der Waals surface area contributed by atoms with Gasteiger partial charge in [0.15, 0.2) is 0 Å². The molecule has 1 atom stereocenters. The van der Waals surface area contributed by atoms with Crippen molar-refractivity contribution in [2.45, 2.75) is 12.3 Å². The SMILES string of the molecule is CON1Cc2ccccc2C1(O)C(=O)c1ccccc1. The first-order valence-electron chi connectivity index (χ1n) is 6.40. The van der Waals surface area contributed by atoms with Gasteiger partial charge in [-0.25, -0.2) is 0 Å². The van der Waals surface area contributed by atoms with Crippen LogP contribution in [0, 0.1) is 0 Å². The molecule has 1 aliphatic rings. The van der Waals surface area contributed by atoms with Crippen molar-refractivity contribution in [1.29, 1.82) is 0 Å². The van der Waals surface area contributed by atoms with E-state index in [9.17, 15) is 9.90 Å². The van der Waals surface area contributed by atoms with Gasteiger partial charge in [0.05, 0.1) is 13.7 Å². The highest BCUT2D eigenvalue weighted by atomic mass is 16.7. The number of benzene rings is 2. The number of hydrogen-bond acceptors (Lipinski definition) is 4. The molecule has 0 bridgehead atoms. The van der Waals surface area contributed by atoms with Crippen LogP contribution in [0.3, 0.4) is 0 Å². The Labute approximate surface area is 117 Å². The zero-order chi connectivity index (χ0) is 14.2. The molecule has 1 N–H and O–H groups in total. The molecule has 1 unspecified atom stereocenters. The number of carbonyl (C=O) groups is 1. The van der Waals surface area contributed by atoms with Crippen molar-refractivity contribution in [2.24, 2.45) is 0 Å². The Balaban J connectivity index is 2.11. The zero-order valence-electron chi connectivity index (χ0n) is 11.1. The van der Waals surface area contributed by atoms with Crippen molar-refractivity contribution >= 4 is 5.78 Å². The van der Waals surface area contributed by atoms with Crippen molar-refractivity contribution in [1.82, 2.24) is 5.06 Å². The summed E-state index contributed by atoms with van der Waals surface area (Å²) in [6.07, 6.45) is 0. The van der Waals surface area contributed by atoms with Gasteiger partial charge in [-0.05, 0) is 5.56 Å². The summed E-state index contributed by atoms with van der Waals surface area (Å²) in [6, 6.07) is 16.1. The number of hydrogen-bond donors (Lipinski definition) is 1. The third-order valence-electron chi connectivity index (χ3n) is 3.64. The molecule has 0 saturated carbocycles. The van der Waals surface area contributed by atoms with E-state index in [0.717, 1.165) is 5.56 Å². The van der Waals surface area contributed by atoms with Gasteiger partial charge in [0.1, 0.15) is 0 Å². The van der Waals surface area contributed by atoms with Crippen molar-refractivity contribution < 1.29 is 14.7 Å². The van der Waals surface area contributed by atoms with E-state index in [-0.39, 0.29) is 5.78 Å². The summed E-state index contributed by atoms with van der Waals surface area (Å²) in [7, 11) is 1.45. The van der Waals surface area contributed by atoms with E-state index in [1.165, 1.54) is 12.2 Å². The Morgan fingerprint density at radius 1 is 1.15 bits per heavy atom. The third-order valence-corrected chi connectivity index (χ3v) is 3.64. The molecule has 0 aromatic heterocycles. The monoisotopic (exact) mass is 269 g/mol. The molecule has 0 saturated heterocycles. The minimum atomic E-state index is -1.77. The molecular formula is C16H15NO3. The molecule has 4 heteroatoms. The minimum absolute atomic E-state index is 0.377. The molecule has 3 rings (SSSR count). The third kappa shape index (κ3) is 1.78. The zero-order valence-corrected chi connectivity index (χ0v) is 11.1. The molecule has 0 aliphatic carbocycles. The van der Waals surface area contributed by atoms with Crippen molar-refractivity contribution in [2.75, 3.05) is 7.11 Å². The highest BCUT2D eigenvalue weighted by molar-refractivity contribution is 6.03. The predicted molar refractivity (Wildman–Crippen MR) is 73.7 cm³/mol. The Bertz CT molecular complexity index is 641. The van der Waals surface area contributed by atoms with Gasteiger partial charge in [0.25, 0.3) is 0 Å². The van der Waals surface area contributed by atoms with Crippen LogP contribution >= 0.6 is 0 Å². The fraction of sp³-hybridized carbons (Fsp3) is 0.188. The fourth-order valence-electron chi connectivity index (χ4n) is 2.62. The van der Waals surface area contributed by atoms with Crippen LogP contribution in [0.1, 0.15) is 21.5 Å². The van der Waals surface area contributed by atoms with Crippen molar-refractivity contribution in [3.63, 3.8) is 0 Å². The Kier molecular flexibility index (Phi) is 3.14. The van der Waals surface area contributed by atoms with E-state index in [1.807, 2.05) is 18.2 Å². The molecule has 2 aromatic rings. The van der Waals surface area contributed by atoms with Gasteiger partial charge in [0, 0.05) is 11.1 Å². The molecule has 0 amide bonds. The molecular weight excluding hydrogens is 254 g/mol. The first kappa shape index (κ1) is 13.0. The van der Waals surface area contributed by atoms with Gasteiger partial charge in [-0.1, -0.05) is 54.6 Å². The second-order valence-corrected chi connectivity index (χ2v) is 4.74. The van der Waals surface area contributed by atoms with Crippen LogP contribution in [0.25, 0.3) is 0 Å². The fourth-order valence-corrected chi connectivity index (χ4v) is 2.62. The average molecular weight is 269 g/mol. The van der Waals surface area contributed by atoms with E-state index in [4.69, 9.17) is 4.84 Å². The second-order valence-electron chi connectivity index (χ2n) is 4.74. The number of Topliss-reactive ketones (excluding diaryl/α,β-unsaturated/α-hetero) is 1. The quantitative estimate of drug-likeness (QED) is 0.867. The van der Waals surface area contributed by atoms with E-state index in [0.29, 0.717) is 17.7 Å². The molecule has 1 heterocycles. The van der Waals surface area contributed by atoms with Crippen LogP contribution in [0.2, 0.25) is 0 Å². The summed E-state index contributed by atoms with van der Waals surface area (Å²) in [4.78, 5) is 17.9. The Morgan fingerprint density at radius 2 is 1.80 bits per heavy atom. The molecule has 1 aliphatic heterocycles. The molecule has 4 nitrogen and oxygen atoms in total. The summed E-state index contributed by atoms with van der Waals surface area (Å²) >= 11 is 0. The summed E-state index contributed by atoms with van der Waals surface area (Å²) in [5, 5.41) is 12.3. The minimum Gasteiger partial charge on any atom is -0.363 e. The number of ketones is 1. The van der Waals surface area contributed by atoms with Crippen LogP contribution in [0.5, 0.6) is 0 Å². The highest BCUT2D eigenvalue weighted by Gasteiger charge is 2.50. The number of hydroxylamine groups is 2. The summed E-state index contributed by atoms with van der Waals surface area (Å²) in [6.45, 7) is 0.377. The lowest BCUT2D eigenvalue weighted by molar-refractivity contribution is -0.256. The number of carbonyl (C=O) groups excluding carboxylic acids is 1. The van der Waals surface area contributed by atoms with E-state index >= 15 is 0 Å². The largest absolute Gasteiger partial charge is 0.363 e. The average Bonchev–Trinajstić information content (AvgIpc) is 2.81. The van der Waals surface area contributed by atoms with Gasteiger partial charge in [-0.15, -0.1) is 5.06 Å². The van der Waals surface area contributed by atoms with Crippen molar-refractivity contribution in [3.05, 3.63) is 71.3 Å². The maximum absolute atomic E-state index is 12.7. The lowest BCUT2D eigenvalue weighted by Gasteiger charge is -2.30. The second kappa shape index (κ2) is 4.83. The molecule has 0 spiro atoms. The Morgan fingerprint density at radius 3 is 2.50 bits per heavy atom. The summed E-state index contributed by atoms with van der Waals surface area (Å²) in [5.74, 6) is -0.384. The van der Waals surface area contributed by atoms with E-state index in [2.05, 4.69) is 0 Å². The number of aliphatic hydroxyl groups is 1. The van der Waals surface area contributed by atoms with Gasteiger partial charge in [-0.2, -0.15) is 0 Å². The predicted octanol–water partition coefficient (Wildman–Crippen LogP) is 2.09. The smallest absolute Gasteiger partial charge is 0.232 e. The van der Waals surface area contributed by atoms with Gasteiger partial charge < -0.3 is 5.11 Å². The topological polar surface area (TPSA) is 49.8 Å². The molecule has 2 aromatic carbocycles. The van der Waals surface area contributed by atoms with E-state index < -0.39 is 5.72 Å². The van der Waals surface area contributed by atoms with Crippen LogP contribution in [0.15, 0.2) is 54.6 Å². The molecule has 0 radical (unpaired) electrons. The maximum atomic E-state index is 12.7. The number of nitrogens with zero attached hydrogens (tertiary/aromatic N) is 1. The molecule has 0 fully saturated rings. The number of rotatable bonds is 3. The standard InChI is InChI=1S/C16H15NO3/c1-20-17-11-13-9-5-6-10-14(13)16(17,19)15(18)12-7-3-2-4-8-12/h2-10,19H,11H2,1H3. The van der Waals surface area contributed by atoms with Crippen LogP contribution in [-0.2, 0) is 17.1 Å². The van der Waals surface area contributed by atoms with Gasteiger partial charge >= 0.3 is 0 Å². The van der Waals surface area contributed by atoms with Gasteiger partial charge in [0.2, 0.25) is 11.5 Å². The number of fused-ring (bicyclic) bond motifs is 1. The summed E-state index contributed by atoms with van der Waals surface area (Å²) < 4.78 is 0. The first-order chi connectivity index (χ1) is 9.67. The lowest BCUT2D eigenvalue weighted by atomic mass is 9.93. The first-order valence-corrected chi connectivity index (χ1v) is 6.40. The highest BCUT2D eigenvalue weighted by Crippen LogP contribution is 2.39. The van der Waals surface area contributed by atoms with Crippen LogP contribution < -0.4 is 0 Å². The van der Waals surface area contributed by atoms with Crippen molar-refractivity contribution in [3.8, 4) is 0 Å². The maximum Gasteiger partial charge on any atom is 0.232 e. The van der Waals surface area contributed by atoms with Gasteiger partial charge in [-0.3, -0.25) is 9.63 Å². The summed E-state index contributed by atoms with van der Waals surface area (Å²) in [5.41, 5.74) is 0.151. The van der Waals surface area contributed by atoms with E-state index in [1.54, 1.807) is 36.4 Å². The van der Waals surface area contributed by atoms with Crippen LogP contribution in [0.4, 0.5) is 0 Å². The Hall–Kier alpha value is -2.01. The lowest BCUT2D eigenvalue weighted by Crippen LogP contribution is -2.47. The molecule has 102 valence electrons. The van der Waals surface area contributed by atoms with Crippen LogP contribution in [-0.4, -0.2) is 23.1 Å².